The summed E-state index contributed by atoms with van der Waals surface area (Å²) in [6.07, 6.45) is 5.20. The Bertz CT molecular complexity index is 680. The van der Waals surface area contributed by atoms with Gasteiger partial charge in [0, 0.05) is 30.0 Å². The van der Waals surface area contributed by atoms with E-state index in [1.165, 1.54) is 0 Å². The van der Waals surface area contributed by atoms with E-state index in [0.29, 0.717) is 13.1 Å². The molecule has 0 bridgehead atoms. The van der Waals surface area contributed by atoms with Crippen molar-refractivity contribution in [3.05, 3.63) is 52.8 Å². The second-order valence-corrected chi connectivity index (χ2v) is 7.10. The second-order valence-electron chi connectivity index (χ2n) is 6.18. The Morgan fingerprint density at radius 2 is 2.17 bits per heavy atom. The molecule has 1 aromatic carbocycles. The van der Waals surface area contributed by atoms with Gasteiger partial charge in [0.15, 0.2) is 0 Å². The number of nitrogens with zero attached hydrogens (tertiary/aromatic N) is 3. The summed E-state index contributed by atoms with van der Waals surface area (Å²) in [6, 6.07) is 10.0. The zero-order chi connectivity index (χ0) is 17.0. The van der Waals surface area contributed by atoms with E-state index in [2.05, 4.69) is 38.5 Å². The first-order chi connectivity index (χ1) is 11.7. The summed E-state index contributed by atoms with van der Waals surface area (Å²) in [5.41, 5.74) is 0.556. The first-order valence-corrected chi connectivity index (χ1v) is 9.20. The van der Waals surface area contributed by atoms with Gasteiger partial charge in [-0.1, -0.05) is 28.1 Å². The van der Waals surface area contributed by atoms with Crippen LogP contribution in [0.1, 0.15) is 25.3 Å². The van der Waals surface area contributed by atoms with E-state index in [0.717, 1.165) is 36.0 Å². The highest BCUT2D eigenvalue weighted by Gasteiger charge is 2.44. The largest absolute Gasteiger partial charge is 0.337 e. The van der Waals surface area contributed by atoms with Crippen molar-refractivity contribution in [1.29, 1.82) is 0 Å². The molecule has 1 fully saturated rings. The van der Waals surface area contributed by atoms with Gasteiger partial charge >= 0.3 is 0 Å². The number of halogens is 1. The molecule has 0 atom stereocenters. The van der Waals surface area contributed by atoms with Gasteiger partial charge in [0.05, 0.1) is 0 Å². The topological polar surface area (TPSA) is 50.2 Å². The molecule has 1 N–H and O–H groups in total. The van der Waals surface area contributed by atoms with E-state index < -0.39 is 5.54 Å². The molecule has 1 saturated heterocycles. The first kappa shape index (κ1) is 17.2. The Hall–Kier alpha value is -1.66. The van der Waals surface area contributed by atoms with Crippen LogP contribution in [-0.4, -0.2) is 40.2 Å². The highest BCUT2D eigenvalue weighted by molar-refractivity contribution is 9.10. The van der Waals surface area contributed by atoms with Crippen LogP contribution >= 0.6 is 15.9 Å². The Kier molecular flexibility index (Phi) is 5.36. The van der Waals surface area contributed by atoms with Crippen molar-refractivity contribution in [3.63, 3.8) is 0 Å². The van der Waals surface area contributed by atoms with Gasteiger partial charge in [0.2, 0.25) is 0 Å². The van der Waals surface area contributed by atoms with Crippen LogP contribution in [0, 0.1) is 0 Å². The van der Waals surface area contributed by atoms with Gasteiger partial charge in [-0.3, -0.25) is 9.48 Å². The maximum absolute atomic E-state index is 13.5. The lowest BCUT2D eigenvalue weighted by molar-refractivity contribution is -0.143. The van der Waals surface area contributed by atoms with Gasteiger partial charge in [-0.05, 0) is 56.6 Å². The van der Waals surface area contributed by atoms with Crippen molar-refractivity contribution in [2.24, 2.45) is 0 Å². The SMILES string of the molecule is CCN(Cc1cccc(Br)c1)C(=O)C1(n2cccn2)CCNCC1. The van der Waals surface area contributed by atoms with E-state index in [4.69, 9.17) is 0 Å². The standard InChI is InChI=1S/C18H23BrN4O/c1-2-22(14-15-5-3-6-16(19)13-15)17(24)18(7-10-20-11-8-18)23-12-4-9-21-23/h3-6,9,12-13,20H,2,7-8,10-11,14H2,1H3. The van der Waals surface area contributed by atoms with Gasteiger partial charge in [-0.25, -0.2) is 0 Å². The number of hydrogen-bond donors (Lipinski definition) is 1. The van der Waals surface area contributed by atoms with Crippen molar-refractivity contribution >= 4 is 21.8 Å². The Balaban J connectivity index is 1.87. The highest BCUT2D eigenvalue weighted by atomic mass is 79.9. The fraction of sp³-hybridized carbons (Fsp3) is 0.444. The van der Waals surface area contributed by atoms with E-state index in [9.17, 15) is 4.79 Å². The molecule has 3 rings (SSSR count). The molecule has 128 valence electrons. The van der Waals surface area contributed by atoms with Gasteiger partial charge in [-0.2, -0.15) is 5.10 Å². The lowest BCUT2D eigenvalue weighted by Gasteiger charge is -2.40. The number of likely N-dealkylation sites (N-methyl/N-ethyl adjacent to an activating group) is 1. The molecular weight excluding hydrogens is 368 g/mol. The number of carbonyl (C=O) groups excluding carboxylic acids is 1. The minimum absolute atomic E-state index is 0.162. The number of nitrogens with one attached hydrogen (secondary N) is 1. The third-order valence-electron chi connectivity index (χ3n) is 4.70. The summed E-state index contributed by atoms with van der Waals surface area (Å²) in [6.45, 7) is 5.00. The van der Waals surface area contributed by atoms with Gasteiger partial charge < -0.3 is 10.2 Å². The third kappa shape index (κ3) is 3.39. The van der Waals surface area contributed by atoms with Crippen LogP contribution in [0.5, 0.6) is 0 Å². The molecule has 0 radical (unpaired) electrons. The summed E-state index contributed by atoms with van der Waals surface area (Å²) in [5, 5.41) is 7.76. The van der Waals surface area contributed by atoms with E-state index in [-0.39, 0.29) is 5.91 Å². The van der Waals surface area contributed by atoms with Gasteiger partial charge in [0.25, 0.3) is 5.91 Å². The molecule has 1 amide bonds. The maximum Gasteiger partial charge on any atom is 0.250 e. The molecule has 24 heavy (non-hydrogen) atoms. The van der Waals surface area contributed by atoms with Crippen LogP contribution in [0.25, 0.3) is 0 Å². The monoisotopic (exact) mass is 390 g/mol. The Labute approximate surface area is 151 Å². The van der Waals surface area contributed by atoms with Gasteiger partial charge in [0.1, 0.15) is 5.54 Å². The van der Waals surface area contributed by atoms with Crippen molar-refractivity contribution in [3.8, 4) is 0 Å². The van der Waals surface area contributed by atoms with Crippen LogP contribution in [-0.2, 0) is 16.9 Å². The highest BCUT2D eigenvalue weighted by Crippen LogP contribution is 2.30. The Morgan fingerprint density at radius 3 is 2.79 bits per heavy atom. The number of benzene rings is 1. The summed E-state index contributed by atoms with van der Waals surface area (Å²) >= 11 is 3.50. The number of rotatable bonds is 5. The van der Waals surface area contributed by atoms with Crippen molar-refractivity contribution in [1.82, 2.24) is 20.0 Å². The molecule has 1 aliphatic heterocycles. The molecule has 0 aliphatic carbocycles. The number of aromatic nitrogens is 2. The number of amides is 1. The predicted octanol–water partition coefficient (Wildman–Crippen LogP) is 2.77. The van der Waals surface area contributed by atoms with Crippen LogP contribution < -0.4 is 5.32 Å². The summed E-state index contributed by atoms with van der Waals surface area (Å²) in [5.74, 6) is 0.162. The van der Waals surface area contributed by atoms with Crippen molar-refractivity contribution < 1.29 is 4.79 Å². The molecule has 2 aromatic rings. The molecule has 0 spiro atoms. The van der Waals surface area contributed by atoms with E-state index >= 15 is 0 Å². The maximum atomic E-state index is 13.5. The molecule has 0 unspecified atom stereocenters. The minimum Gasteiger partial charge on any atom is -0.337 e. The number of hydrogen-bond acceptors (Lipinski definition) is 3. The van der Waals surface area contributed by atoms with Crippen molar-refractivity contribution in [2.75, 3.05) is 19.6 Å². The van der Waals surface area contributed by atoms with Crippen LogP contribution in [0.15, 0.2) is 47.2 Å². The van der Waals surface area contributed by atoms with E-state index in [1.807, 2.05) is 40.9 Å². The number of carbonyl (C=O) groups is 1. The third-order valence-corrected chi connectivity index (χ3v) is 5.20. The summed E-state index contributed by atoms with van der Waals surface area (Å²) in [7, 11) is 0. The molecule has 1 aromatic heterocycles. The lowest BCUT2D eigenvalue weighted by Crippen LogP contribution is -2.55. The predicted molar refractivity (Wildman–Crippen MR) is 97.5 cm³/mol. The molecule has 2 heterocycles. The minimum atomic E-state index is -0.573. The van der Waals surface area contributed by atoms with Crippen molar-refractivity contribution in [2.45, 2.75) is 31.8 Å². The van der Waals surface area contributed by atoms with Crippen LogP contribution in [0.2, 0.25) is 0 Å². The number of piperidine rings is 1. The second kappa shape index (κ2) is 7.49. The smallest absolute Gasteiger partial charge is 0.250 e. The normalized spacial score (nSPS) is 16.8. The molecular formula is C18H23BrN4O. The molecule has 6 heteroatoms. The zero-order valence-electron chi connectivity index (χ0n) is 13.9. The van der Waals surface area contributed by atoms with E-state index in [1.54, 1.807) is 6.20 Å². The fourth-order valence-corrected chi connectivity index (χ4v) is 3.83. The average Bonchev–Trinajstić information content (AvgIpc) is 3.15. The fourth-order valence-electron chi connectivity index (χ4n) is 3.38. The molecule has 5 nitrogen and oxygen atoms in total. The summed E-state index contributed by atoms with van der Waals surface area (Å²) < 4.78 is 2.90. The lowest BCUT2D eigenvalue weighted by atomic mass is 9.86. The quantitative estimate of drug-likeness (QED) is 0.853. The Morgan fingerprint density at radius 1 is 1.38 bits per heavy atom. The molecule has 0 saturated carbocycles. The average molecular weight is 391 g/mol. The first-order valence-electron chi connectivity index (χ1n) is 8.40. The molecule has 1 aliphatic rings. The van der Waals surface area contributed by atoms with Crippen LogP contribution in [0.3, 0.4) is 0 Å². The zero-order valence-corrected chi connectivity index (χ0v) is 15.5. The van der Waals surface area contributed by atoms with Gasteiger partial charge in [-0.15, -0.1) is 0 Å². The summed E-state index contributed by atoms with van der Waals surface area (Å²) in [4.78, 5) is 15.4. The van der Waals surface area contributed by atoms with Crippen LogP contribution in [0.4, 0.5) is 0 Å².